The zero-order valence-electron chi connectivity index (χ0n) is 9.76. The summed E-state index contributed by atoms with van der Waals surface area (Å²) in [4.78, 5) is 10.5. The maximum atomic E-state index is 10.5. The zero-order chi connectivity index (χ0) is 12.5. The van der Waals surface area contributed by atoms with Gasteiger partial charge in [-0.05, 0) is 25.5 Å². The Morgan fingerprint density at radius 1 is 1.35 bits per heavy atom. The highest BCUT2D eigenvalue weighted by molar-refractivity contribution is 5.85. The lowest BCUT2D eigenvalue weighted by molar-refractivity contribution is -0.132. The third-order valence-corrected chi connectivity index (χ3v) is 2.10. The molecule has 0 aromatic heterocycles. The standard InChI is InChI=1S/C13H16O4/c1-11(13(14)15)6-5-9-16-10-17-12-7-3-2-4-8-12/h2-4,6-8H,5,9-10H2,1H3,(H,14,15). The fraction of sp³-hybridized carbons (Fsp3) is 0.308. The molecule has 0 amide bonds. The maximum absolute atomic E-state index is 10.5. The fourth-order valence-electron chi connectivity index (χ4n) is 1.13. The van der Waals surface area contributed by atoms with Gasteiger partial charge in [0.2, 0.25) is 0 Å². The van der Waals surface area contributed by atoms with Crippen molar-refractivity contribution in [3.63, 3.8) is 0 Å². The van der Waals surface area contributed by atoms with Crippen LogP contribution in [0.15, 0.2) is 42.0 Å². The molecule has 0 heterocycles. The number of carbonyl (C=O) groups is 1. The van der Waals surface area contributed by atoms with Crippen LogP contribution in [0.25, 0.3) is 0 Å². The Labute approximate surface area is 100 Å². The second-order valence-corrected chi connectivity index (χ2v) is 3.46. The van der Waals surface area contributed by atoms with Crippen LogP contribution in [-0.4, -0.2) is 24.5 Å². The number of ether oxygens (including phenoxy) is 2. The van der Waals surface area contributed by atoms with Gasteiger partial charge in [0.05, 0.1) is 6.61 Å². The molecule has 4 heteroatoms. The molecule has 1 aromatic rings. The van der Waals surface area contributed by atoms with Crippen LogP contribution < -0.4 is 4.74 Å². The van der Waals surface area contributed by atoms with E-state index < -0.39 is 5.97 Å². The van der Waals surface area contributed by atoms with E-state index in [-0.39, 0.29) is 6.79 Å². The lowest BCUT2D eigenvalue weighted by Gasteiger charge is -2.05. The van der Waals surface area contributed by atoms with Crippen molar-refractivity contribution < 1.29 is 19.4 Å². The van der Waals surface area contributed by atoms with Gasteiger partial charge >= 0.3 is 5.97 Å². The van der Waals surface area contributed by atoms with Gasteiger partial charge in [-0.1, -0.05) is 24.3 Å². The van der Waals surface area contributed by atoms with Crippen molar-refractivity contribution in [2.75, 3.05) is 13.4 Å². The molecule has 1 N–H and O–H groups in total. The van der Waals surface area contributed by atoms with Crippen LogP contribution in [0.5, 0.6) is 5.75 Å². The maximum Gasteiger partial charge on any atom is 0.330 e. The highest BCUT2D eigenvalue weighted by Gasteiger charge is 1.97. The molecule has 92 valence electrons. The molecular weight excluding hydrogens is 220 g/mol. The Kier molecular flexibility index (Phi) is 5.82. The van der Waals surface area contributed by atoms with E-state index in [1.165, 1.54) is 0 Å². The van der Waals surface area contributed by atoms with Crippen LogP contribution >= 0.6 is 0 Å². The Morgan fingerprint density at radius 2 is 2.06 bits per heavy atom. The van der Waals surface area contributed by atoms with E-state index >= 15 is 0 Å². The summed E-state index contributed by atoms with van der Waals surface area (Å²) < 4.78 is 10.5. The highest BCUT2D eigenvalue weighted by Crippen LogP contribution is 2.07. The first kappa shape index (κ1) is 13.3. The van der Waals surface area contributed by atoms with E-state index in [0.29, 0.717) is 18.6 Å². The normalized spacial score (nSPS) is 11.2. The first-order valence-electron chi connectivity index (χ1n) is 5.36. The van der Waals surface area contributed by atoms with E-state index in [4.69, 9.17) is 14.6 Å². The largest absolute Gasteiger partial charge is 0.478 e. The van der Waals surface area contributed by atoms with Gasteiger partial charge < -0.3 is 14.6 Å². The summed E-state index contributed by atoms with van der Waals surface area (Å²) >= 11 is 0. The van der Waals surface area contributed by atoms with Crippen LogP contribution in [0, 0.1) is 0 Å². The van der Waals surface area contributed by atoms with Gasteiger partial charge in [-0.15, -0.1) is 0 Å². The summed E-state index contributed by atoms with van der Waals surface area (Å²) in [6.07, 6.45) is 2.20. The van der Waals surface area contributed by atoms with Crippen molar-refractivity contribution >= 4 is 5.97 Å². The lowest BCUT2D eigenvalue weighted by Crippen LogP contribution is -2.04. The van der Waals surface area contributed by atoms with E-state index in [9.17, 15) is 4.79 Å². The molecule has 1 aromatic carbocycles. The molecule has 0 bridgehead atoms. The van der Waals surface area contributed by atoms with E-state index in [2.05, 4.69) is 0 Å². The predicted octanol–water partition coefficient (Wildman–Crippen LogP) is 2.46. The van der Waals surface area contributed by atoms with Gasteiger partial charge in [0.15, 0.2) is 6.79 Å². The first-order valence-corrected chi connectivity index (χ1v) is 5.36. The van der Waals surface area contributed by atoms with Crippen LogP contribution in [0.4, 0.5) is 0 Å². The summed E-state index contributed by atoms with van der Waals surface area (Å²) in [5.74, 6) is -0.143. The van der Waals surface area contributed by atoms with Gasteiger partial charge in [-0.3, -0.25) is 0 Å². The molecule has 0 unspecified atom stereocenters. The summed E-state index contributed by atoms with van der Waals surface area (Å²) in [7, 11) is 0. The van der Waals surface area contributed by atoms with Gasteiger partial charge in [0.25, 0.3) is 0 Å². The third-order valence-electron chi connectivity index (χ3n) is 2.10. The quantitative estimate of drug-likeness (QED) is 0.449. The van der Waals surface area contributed by atoms with Crippen LogP contribution in [0.2, 0.25) is 0 Å². The fourth-order valence-corrected chi connectivity index (χ4v) is 1.13. The minimum atomic E-state index is -0.898. The molecule has 0 saturated heterocycles. The number of hydrogen-bond acceptors (Lipinski definition) is 3. The Morgan fingerprint density at radius 3 is 2.71 bits per heavy atom. The molecule has 17 heavy (non-hydrogen) atoms. The molecule has 0 aliphatic heterocycles. The highest BCUT2D eigenvalue weighted by atomic mass is 16.7. The Hall–Kier alpha value is -1.81. The van der Waals surface area contributed by atoms with Crippen molar-refractivity contribution in [1.29, 1.82) is 0 Å². The monoisotopic (exact) mass is 236 g/mol. The average Bonchev–Trinajstić information content (AvgIpc) is 2.34. The number of rotatable bonds is 7. The smallest absolute Gasteiger partial charge is 0.330 e. The minimum Gasteiger partial charge on any atom is -0.478 e. The topological polar surface area (TPSA) is 55.8 Å². The van der Waals surface area contributed by atoms with Crippen LogP contribution in [-0.2, 0) is 9.53 Å². The van der Waals surface area contributed by atoms with Gasteiger partial charge in [-0.25, -0.2) is 4.79 Å². The zero-order valence-corrected chi connectivity index (χ0v) is 9.76. The molecule has 1 rings (SSSR count). The van der Waals surface area contributed by atoms with Gasteiger partial charge in [-0.2, -0.15) is 0 Å². The molecule has 4 nitrogen and oxygen atoms in total. The molecule has 0 spiro atoms. The van der Waals surface area contributed by atoms with Crippen molar-refractivity contribution in [3.8, 4) is 5.75 Å². The Balaban J connectivity index is 2.10. The number of para-hydroxylation sites is 1. The minimum absolute atomic E-state index is 0.171. The number of benzene rings is 1. The molecule has 0 radical (unpaired) electrons. The van der Waals surface area contributed by atoms with Crippen LogP contribution in [0.3, 0.4) is 0 Å². The average molecular weight is 236 g/mol. The van der Waals surface area contributed by atoms with Crippen molar-refractivity contribution in [1.82, 2.24) is 0 Å². The number of hydrogen-bond donors (Lipinski definition) is 1. The number of carboxylic acids is 1. The molecule has 0 atom stereocenters. The third kappa shape index (κ3) is 5.73. The second kappa shape index (κ2) is 7.46. The molecular formula is C13H16O4. The van der Waals surface area contributed by atoms with Gasteiger partial charge in [0, 0.05) is 5.57 Å². The summed E-state index contributed by atoms with van der Waals surface area (Å²) in [6, 6.07) is 9.37. The molecule has 0 saturated carbocycles. The lowest BCUT2D eigenvalue weighted by atomic mass is 10.2. The molecule has 0 fully saturated rings. The molecule has 0 aliphatic carbocycles. The van der Waals surface area contributed by atoms with E-state index in [1.54, 1.807) is 13.0 Å². The van der Waals surface area contributed by atoms with Gasteiger partial charge in [0.1, 0.15) is 5.75 Å². The van der Waals surface area contributed by atoms with Crippen molar-refractivity contribution in [2.45, 2.75) is 13.3 Å². The number of aliphatic carboxylic acids is 1. The second-order valence-electron chi connectivity index (χ2n) is 3.46. The Bertz CT molecular complexity index is 370. The summed E-state index contributed by atoms with van der Waals surface area (Å²) in [5.41, 5.74) is 0.331. The number of carboxylic acid groups (broad SMARTS) is 1. The van der Waals surface area contributed by atoms with E-state index in [0.717, 1.165) is 5.75 Å². The van der Waals surface area contributed by atoms with E-state index in [1.807, 2.05) is 30.3 Å². The predicted molar refractivity (Wildman–Crippen MR) is 63.9 cm³/mol. The molecule has 0 aliphatic rings. The first-order chi connectivity index (χ1) is 8.20. The van der Waals surface area contributed by atoms with Crippen molar-refractivity contribution in [2.24, 2.45) is 0 Å². The SMILES string of the molecule is CC(=CCCOCOc1ccccc1)C(=O)O. The van der Waals surface area contributed by atoms with Crippen LogP contribution in [0.1, 0.15) is 13.3 Å². The van der Waals surface area contributed by atoms with Crippen molar-refractivity contribution in [3.05, 3.63) is 42.0 Å². The summed E-state index contributed by atoms with van der Waals surface area (Å²) in [5, 5.41) is 8.60. The summed E-state index contributed by atoms with van der Waals surface area (Å²) in [6.45, 7) is 2.17.